The van der Waals surface area contributed by atoms with Gasteiger partial charge >= 0.3 is 0 Å². The molecule has 4 nitrogen and oxygen atoms in total. The lowest BCUT2D eigenvalue weighted by Crippen LogP contribution is -2.24. The monoisotopic (exact) mass is 585 g/mol. The first-order chi connectivity index (χ1) is 21.7. The highest BCUT2D eigenvalue weighted by molar-refractivity contribution is 7.85. The summed E-state index contributed by atoms with van der Waals surface area (Å²) in [5.41, 5.74) is 5.80. The maximum Gasteiger partial charge on any atom is 0.171 e. The summed E-state index contributed by atoms with van der Waals surface area (Å²) in [7, 11) is -3.10. The van der Waals surface area contributed by atoms with Crippen molar-refractivity contribution >= 4 is 77.8 Å². The Morgan fingerprint density at radius 3 is 1.66 bits per heavy atom. The Kier molecular flexibility index (Phi) is 5.44. The summed E-state index contributed by atoms with van der Waals surface area (Å²) < 4.78 is 27.8. The number of nitrogens with zero attached hydrogens (tertiary/aromatic N) is 1. The van der Waals surface area contributed by atoms with E-state index in [1.165, 1.54) is 0 Å². The Bertz CT molecular complexity index is 2520. The first-order valence-corrected chi connectivity index (χ1v) is 16.3. The summed E-state index contributed by atoms with van der Waals surface area (Å²) in [4.78, 5) is 5.27. The zero-order valence-corrected chi connectivity index (χ0v) is 24.4. The van der Waals surface area contributed by atoms with Crippen molar-refractivity contribution in [3.63, 3.8) is 0 Å². The van der Waals surface area contributed by atoms with Crippen molar-refractivity contribution in [1.82, 2.24) is 4.98 Å². The van der Waals surface area contributed by atoms with Crippen LogP contribution in [0.2, 0.25) is 0 Å². The molecule has 0 aliphatic heterocycles. The molecule has 0 fully saturated rings. The summed E-state index contributed by atoms with van der Waals surface area (Å²) in [5.74, 6) is 0. The lowest BCUT2D eigenvalue weighted by atomic mass is 10.00. The van der Waals surface area contributed by atoms with Crippen LogP contribution in [-0.2, 0) is 4.57 Å². The van der Waals surface area contributed by atoms with E-state index in [-0.39, 0.29) is 0 Å². The van der Waals surface area contributed by atoms with Gasteiger partial charge in [-0.25, -0.2) is 4.98 Å². The number of rotatable bonds is 4. The molecule has 0 aliphatic carbocycles. The molecule has 0 aliphatic rings. The quantitative estimate of drug-likeness (QED) is 0.193. The van der Waals surface area contributed by atoms with Gasteiger partial charge in [-0.15, -0.1) is 0 Å². The second-order valence-electron chi connectivity index (χ2n) is 11.0. The van der Waals surface area contributed by atoms with E-state index in [0.29, 0.717) is 0 Å². The zero-order valence-electron chi connectivity index (χ0n) is 23.5. The van der Waals surface area contributed by atoms with Crippen LogP contribution in [0, 0.1) is 0 Å². The van der Waals surface area contributed by atoms with Gasteiger partial charge in [-0.2, -0.15) is 0 Å². The third-order valence-corrected chi connectivity index (χ3v) is 11.6. The summed E-state index contributed by atoms with van der Waals surface area (Å²) in [6.45, 7) is 0. The Balaban J connectivity index is 1.31. The minimum atomic E-state index is -3.10. The summed E-state index contributed by atoms with van der Waals surface area (Å²) >= 11 is 0. The normalized spacial score (nSPS) is 12.2. The molecular weight excluding hydrogens is 561 g/mol. The molecule has 0 saturated carbocycles. The lowest BCUT2D eigenvalue weighted by Gasteiger charge is -2.20. The summed E-state index contributed by atoms with van der Waals surface area (Å²) in [5, 5.41) is 7.32. The first kappa shape index (κ1) is 25.1. The molecule has 3 aromatic heterocycles. The van der Waals surface area contributed by atoms with Gasteiger partial charge in [0.05, 0.1) is 22.0 Å². The predicted octanol–water partition coefficient (Wildman–Crippen LogP) is 9.34. The Hall–Kier alpha value is -5.44. The van der Waals surface area contributed by atoms with Crippen molar-refractivity contribution in [1.29, 1.82) is 0 Å². The molecule has 0 unspecified atom stereocenters. The van der Waals surface area contributed by atoms with Crippen molar-refractivity contribution in [2.24, 2.45) is 0 Å². The van der Waals surface area contributed by atoms with Gasteiger partial charge in [-0.1, -0.05) is 121 Å². The van der Waals surface area contributed by atoms with E-state index in [0.717, 1.165) is 82.0 Å². The van der Waals surface area contributed by atoms with Crippen LogP contribution in [0.25, 0.3) is 66.0 Å². The van der Waals surface area contributed by atoms with Gasteiger partial charge in [0, 0.05) is 37.6 Å². The molecule has 9 aromatic rings. The van der Waals surface area contributed by atoms with Crippen LogP contribution < -0.4 is 15.9 Å². The van der Waals surface area contributed by atoms with Crippen LogP contribution in [0.5, 0.6) is 0 Å². The smallest absolute Gasteiger partial charge is 0.171 e. The van der Waals surface area contributed by atoms with E-state index in [9.17, 15) is 4.57 Å². The molecule has 6 aromatic carbocycles. The van der Waals surface area contributed by atoms with Crippen molar-refractivity contribution < 1.29 is 13.4 Å². The fourth-order valence-electron chi connectivity index (χ4n) is 6.52. The van der Waals surface area contributed by atoms with Crippen LogP contribution in [0.15, 0.2) is 154 Å². The molecule has 9 rings (SSSR count). The Morgan fingerprint density at radius 2 is 1.00 bits per heavy atom. The minimum Gasteiger partial charge on any atom is -0.456 e. The van der Waals surface area contributed by atoms with Crippen LogP contribution in [-0.4, -0.2) is 4.98 Å². The highest BCUT2D eigenvalue weighted by atomic mass is 31.2. The molecular formula is C39H24NO3P. The van der Waals surface area contributed by atoms with Crippen molar-refractivity contribution in [2.75, 3.05) is 0 Å². The summed E-state index contributed by atoms with van der Waals surface area (Å²) in [6.07, 6.45) is 0. The standard InChI is InChI=1S/C39H24NO3P/c41-44(26-11-3-1-4-12-26,27-13-5-2-6-14-27)28-21-19-25(20-22-28)38-36-30-16-8-10-18-33(30)43-39(36)37-31(40-38)23-24-34-35(37)29-15-7-9-17-32(29)42-34/h1-24H. The van der Waals surface area contributed by atoms with Gasteiger partial charge in [0.15, 0.2) is 7.14 Å². The van der Waals surface area contributed by atoms with E-state index in [4.69, 9.17) is 13.8 Å². The van der Waals surface area contributed by atoms with Crippen molar-refractivity contribution in [3.05, 3.63) is 146 Å². The molecule has 0 atom stereocenters. The Morgan fingerprint density at radius 1 is 0.455 bits per heavy atom. The number of furan rings is 2. The fraction of sp³-hybridized carbons (Fsp3) is 0. The van der Waals surface area contributed by atoms with Gasteiger partial charge in [0.1, 0.15) is 22.3 Å². The van der Waals surface area contributed by atoms with Gasteiger partial charge in [0.25, 0.3) is 0 Å². The third kappa shape index (κ3) is 3.58. The van der Waals surface area contributed by atoms with E-state index in [2.05, 4.69) is 12.1 Å². The van der Waals surface area contributed by atoms with Crippen molar-refractivity contribution in [2.45, 2.75) is 0 Å². The molecule has 44 heavy (non-hydrogen) atoms. The maximum absolute atomic E-state index is 15.0. The van der Waals surface area contributed by atoms with Crippen LogP contribution in [0.4, 0.5) is 0 Å². The zero-order chi connectivity index (χ0) is 29.3. The van der Waals surface area contributed by atoms with Gasteiger partial charge in [-0.05, 0) is 24.3 Å². The largest absolute Gasteiger partial charge is 0.456 e. The average molecular weight is 586 g/mol. The molecule has 3 heterocycles. The van der Waals surface area contributed by atoms with Gasteiger partial charge in [0.2, 0.25) is 0 Å². The van der Waals surface area contributed by atoms with Gasteiger partial charge < -0.3 is 13.4 Å². The van der Waals surface area contributed by atoms with Crippen LogP contribution in [0.1, 0.15) is 0 Å². The maximum atomic E-state index is 15.0. The fourth-order valence-corrected chi connectivity index (χ4v) is 9.17. The lowest BCUT2D eigenvalue weighted by molar-refractivity contribution is 0.592. The van der Waals surface area contributed by atoms with E-state index < -0.39 is 7.14 Å². The van der Waals surface area contributed by atoms with E-state index in [1.807, 2.05) is 133 Å². The minimum absolute atomic E-state index is 0.777. The SMILES string of the molecule is O=P(c1ccccc1)(c1ccccc1)c1ccc(-c2nc3ccc4oc5ccccc5c4c3c3oc4ccccc4c23)cc1. The number of hydrogen-bond acceptors (Lipinski definition) is 4. The molecule has 0 amide bonds. The molecule has 208 valence electrons. The number of benzene rings is 6. The molecule has 0 spiro atoms. The van der Waals surface area contributed by atoms with Crippen molar-refractivity contribution in [3.8, 4) is 11.3 Å². The predicted molar refractivity (Wildman–Crippen MR) is 181 cm³/mol. The Labute approximate surface area is 252 Å². The molecule has 0 bridgehead atoms. The topological polar surface area (TPSA) is 56.2 Å². The third-order valence-electron chi connectivity index (χ3n) is 8.56. The number of hydrogen-bond donors (Lipinski definition) is 0. The molecule has 5 heteroatoms. The number of fused-ring (bicyclic) bond motifs is 9. The van der Waals surface area contributed by atoms with Crippen LogP contribution >= 0.6 is 7.14 Å². The highest BCUT2D eigenvalue weighted by Crippen LogP contribution is 2.45. The number of pyridine rings is 1. The second kappa shape index (κ2) is 9.54. The summed E-state index contributed by atoms with van der Waals surface area (Å²) in [6, 6.07) is 47.7. The highest BCUT2D eigenvalue weighted by Gasteiger charge is 2.30. The first-order valence-electron chi connectivity index (χ1n) is 14.6. The van der Waals surface area contributed by atoms with E-state index in [1.54, 1.807) is 0 Å². The second-order valence-corrected chi connectivity index (χ2v) is 13.8. The number of aromatic nitrogens is 1. The molecule has 0 radical (unpaired) electrons. The number of para-hydroxylation sites is 2. The average Bonchev–Trinajstić information content (AvgIpc) is 3.67. The van der Waals surface area contributed by atoms with Gasteiger partial charge in [-0.3, -0.25) is 0 Å². The molecule has 0 saturated heterocycles. The van der Waals surface area contributed by atoms with Crippen LogP contribution in [0.3, 0.4) is 0 Å². The molecule has 0 N–H and O–H groups in total. The van der Waals surface area contributed by atoms with E-state index >= 15 is 0 Å².